The molecule has 0 amide bonds. The van der Waals surface area contributed by atoms with Crippen molar-refractivity contribution in [2.24, 2.45) is 0 Å². The molecular weight excluding hydrogens is 419 g/mol. The molecule has 164 valence electrons. The summed E-state index contributed by atoms with van der Waals surface area (Å²) in [4.78, 5) is 18.6. The van der Waals surface area contributed by atoms with E-state index < -0.39 is 11.6 Å². The molecule has 2 aromatic carbocycles. The highest BCUT2D eigenvalue weighted by Crippen LogP contribution is 2.45. The van der Waals surface area contributed by atoms with Gasteiger partial charge >= 0.3 is 5.97 Å². The van der Waals surface area contributed by atoms with Crippen LogP contribution in [0.2, 0.25) is 0 Å². The number of cyclic esters (lactones) is 1. The molecule has 1 saturated heterocycles. The van der Waals surface area contributed by atoms with Gasteiger partial charge in [-0.2, -0.15) is 4.33 Å². The summed E-state index contributed by atoms with van der Waals surface area (Å²) < 4.78 is 29.9. The lowest BCUT2D eigenvalue weighted by Crippen LogP contribution is -2.22. The van der Waals surface area contributed by atoms with E-state index in [1.807, 2.05) is 26.0 Å². The fourth-order valence-corrected chi connectivity index (χ4v) is 4.87. The van der Waals surface area contributed by atoms with Crippen molar-refractivity contribution in [2.45, 2.75) is 43.1 Å². The van der Waals surface area contributed by atoms with Crippen molar-refractivity contribution in [3.8, 4) is 0 Å². The van der Waals surface area contributed by atoms with Crippen LogP contribution in [-0.2, 0) is 23.5 Å². The Balaban J connectivity index is 1.85. The van der Waals surface area contributed by atoms with Gasteiger partial charge in [-0.3, -0.25) is 0 Å². The van der Waals surface area contributed by atoms with E-state index in [0.29, 0.717) is 30.3 Å². The number of benzene rings is 2. The van der Waals surface area contributed by atoms with Gasteiger partial charge in [0.2, 0.25) is 0 Å². The van der Waals surface area contributed by atoms with Crippen LogP contribution in [0.1, 0.15) is 49.3 Å². The maximum atomic E-state index is 13.5. The highest BCUT2D eigenvalue weighted by Gasteiger charge is 2.42. The molecular formula is C24H25FO5S. The number of hydrogen-bond acceptors (Lipinski definition) is 6. The Bertz CT molecular complexity index is 994. The second kappa shape index (κ2) is 9.12. The van der Waals surface area contributed by atoms with Crippen LogP contribution < -0.4 is 0 Å². The van der Waals surface area contributed by atoms with Crippen molar-refractivity contribution in [3.63, 3.8) is 0 Å². The first-order valence-corrected chi connectivity index (χ1v) is 11.0. The van der Waals surface area contributed by atoms with E-state index in [-0.39, 0.29) is 5.82 Å². The van der Waals surface area contributed by atoms with Gasteiger partial charge in [-0.1, -0.05) is 18.2 Å². The molecule has 2 heterocycles. The monoisotopic (exact) mass is 444 g/mol. The average molecular weight is 445 g/mol. The van der Waals surface area contributed by atoms with E-state index in [1.165, 1.54) is 31.3 Å². The summed E-state index contributed by atoms with van der Waals surface area (Å²) >= 11 is 1.17. The maximum Gasteiger partial charge on any atom is 0.340 e. The molecule has 1 fully saturated rings. The zero-order valence-corrected chi connectivity index (χ0v) is 18.6. The minimum Gasteiger partial charge on any atom is -0.451 e. The van der Waals surface area contributed by atoms with Crippen LogP contribution in [0.25, 0.3) is 11.1 Å². The molecule has 0 spiro atoms. The van der Waals surface area contributed by atoms with Crippen LogP contribution in [0.15, 0.2) is 47.4 Å². The van der Waals surface area contributed by atoms with E-state index >= 15 is 0 Å². The minimum absolute atomic E-state index is 0.313. The first kappa shape index (κ1) is 22.0. The fraction of sp³-hybridized carbons (Fsp3) is 0.375. The molecule has 4 rings (SSSR count). The van der Waals surface area contributed by atoms with E-state index in [2.05, 4.69) is 6.07 Å². The van der Waals surface area contributed by atoms with Crippen LogP contribution >= 0.6 is 12.0 Å². The van der Waals surface area contributed by atoms with E-state index in [0.717, 1.165) is 34.4 Å². The van der Waals surface area contributed by atoms with Gasteiger partial charge in [-0.05, 0) is 73.6 Å². The summed E-state index contributed by atoms with van der Waals surface area (Å²) in [5, 5.41) is 0. The fourth-order valence-electron chi connectivity index (χ4n) is 4.29. The third kappa shape index (κ3) is 4.55. The molecule has 2 aromatic rings. The summed E-state index contributed by atoms with van der Waals surface area (Å²) in [5.41, 5.74) is 3.12. The number of carbonyl (C=O) groups is 1. The molecule has 0 aromatic heterocycles. The van der Waals surface area contributed by atoms with Gasteiger partial charge in [0, 0.05) is 23.7 Å². The second-order valence-electron chi connectivity index (χ2n) is 8.11. The summed E-state index contributed by atoms with van der Waals surface area (Å²) in [6.45, 7) is 5.17. The number of halogens is 1. The van der Waals surface area contributed by atoms with Crippen molar-refractivity contribution in [3.05, 3.63) is 65.0 Å². The summed E-state index contributed by atoms with van der Waals surface area (Å²) in [5.74, 6) is -0.439. The van der Waals surface area contributed by atoms with E-state index in [9.17, 15) is 9.18 Å². The van der Waals surface area contributed by atoms with Crippen molar-refractivity contribution in [1.29, 1.82) is 0 Å². The molecule has 2 aliphatic heterocycles. The molecule has 31 heavy (non-hydrogen) atoms. The van der Waals surface area contributed by atoms with Crippen LogP contribution in [0.4, 0.5) is 4.39 Å². The molecule has 0 bridgehead atoms. The Morgan fingerprint density at radius 3 is 2.42 bits per heavy atom. The SMILES string of the molecule is COOSc1ccc(C2=C(c3ccc(F)cc3)C(=O)OC2(C)C)cc1C1CCOCC1. The lowest BCUT2D eigenvalue weighted by atomic mass is 9.84. The number of rotatable bonds is 6. The van der Waals surface area contributed by atoms with Gasteiger partial charge < -0.3 is 9.47 Å². The summed E-state index contributed by atoms with van der Waals surface area (Å²) in [6.07, 6.45) is 1.82. The first-order valence-electron chi connectivity index (χ1n) is 10.2. The van der Waals surface area contributed by atoms with Gasteiger partial charge in [-0.15, -0.1) is 0 Å². The third-order valence-corrected chi connectivity index (χ3v) is 6.44. The largest absolute Gasteiger partial charge is 0.451 e. The maximum absolute atomic E-state index is 13.5. The predicted molar refractivity (Wildman–Crippen MR) is 117 cm³/mol. The van der Waals surface area contributed by atoms with Gasteiger partial charge in [0.25, 0.3) is 0 Å². The molecule has 2 aliphatic rings. The minimum atomic E-state index is -0.814. The number of carbonyl (C=O) groups excluding carboxylic acids is 1. The smallest absolute Gasteiger partial charge is 0.340 e. The van der Waals surface area contributed by atoms with Crippen molar-refractivity contribution < 1.29 is 27.9 Å². The number of hydrogen-bond donors (Lipinski definition) is 0. The van der Waals surface area contributed by atoms with Gasteiger partial charge in [0.1, 0.15) is 11.4 Å². The summed E-state index contributed by atoms with van der Waals surface area (Å²) in [6, 6.07) is 12.0. The summed E-state index contributed by atoms with van der Waals surface area (Å²) in [7, 11) is 1.47. The molecule has 0 aliphatic carbocycles. The zero-order chi connectivity index (χ0) is 22.0. The topological polar surface area (TPSA) is 54.0 Å². The van der Waals surface area contributed by atoms with Crippen LogP contribution in [0, 0.1) is 5.82 Å². The highest BCUT2D eigenvalue weighted by molar-refractivity contribution is 7.94. The Morgan fingerprint density at radius 1 is 1.06 bits per heavy atom. The Morgan fingerprint density at radius 2 is 1.74 bits per heavy atom. The van der Waals surface area contributed by atoms with Crippen molar-refractivity contribution >= 4 is 29.2 Å². The Hall–Kier alpha value is -2.19. The normalized spacial score (nSPS) is 19.0. The standard InChI is InChI=1S/C24H25FO5S/c1-24(2)22(21(23(26)29-24)16-4-7-18(25)8-5-16)17-6-9-20(31-30-27-3)19(14-17)15-10-12-28-13-11-15/h4-9,14-15H,10-13H2,1-3H3. The van der Waals surface area contributed by atoms with Gasteiger partial charge in [-0.25, -0.2) is 14.1 Å². The third-order valence-electron chi connectivity index (χ3n) is 5.69. The molecule has 0 saturated carbocycles. The average Bonchev–Trinajstić information content (AvgIpc) is 3.01. The second-order valence-corrected chi connectivity index (χ2v) is 8.86. The Labute approximate surface area is 185 Å². The van der Waals surface area contributed by atoms with Crippen LogP contribution in [0.3, 0.4) is 0 Å². The molecule has 5 nitrogen and oxygen atoms in total. The number of ether oxygens (including phenoxy) is 2. The van der Waals surface area contributed by atoms with Crippen molar-refractivity contribution in [2.75, 3.05) is 20.3 Å². The lowest BCUT2D eigenvalue weighted by Gasteiger charge is -2.26. The predicted octanol–water partition coefficient (Wildman–Crippen LogP) is 5.55. The first-order chi connectivity index (χ1) is 14.9. The molecule has 0 unspecified atom stereocenters. The highest BCUT2D eigenvalue weighted by atomic mass is 32.2. The Kier molecular flexibility index (Phi) is 6.48. The number of esters is 1. The molecule has 0 radical (unpaired) electrons. The quantitative estimate of drug-likeness (QED) is 0.252. The van der Waals surface area contributed by atoms with Gasteiger partial charge in [0.05, 0.1) is 24.7 Å². The zero-order valence-electron chi connectivity index (χ0n) is 17.8. The lowest BCUT2D eigenvalue weighted by molar-refractivity contribution is -0.160. The molecule has 7 heteroatoms. The van der Waals surface area contributed by atoms with Crippen LogP contribution in [-0.4, -0.2) is 31.9 Å². The van der Waals surface area contributed by atoms with Gasteiger partial charge in [0.15, 0.2) is 0 Å². The van der Waals surface area contributed by atoms with Crippen molar-refractivity contribution in [1.82, 2.24) is 0 Å². The molecule has 0 N–H and O–H groups in total. The van der Waals surface area contributed by atoms with Crippen LogP contribution in [0.5, 0.6) is 0 Å². The van der Waals surface area contributed by atoms with E-state index in [4.69, 9.17) is 18.7 Å². The molecule has 0 atom stereocenters. The van der Waals surface area contributed by atoms with E-state index in [1.54, 1.807) is 12.1 Å².